The number of nitrogens with zero attached hydrogens (tertiary/aromatic N) is 1. The van der Waals surface area contributed by atoms with Crippen molar-refractivity contribution in [1.82, 2.24) is 10.3 Å². The number of nitrogens with one attached hydrogen (secondary N) is 2. The van der Waals surface area contributed by atoms with Crippen molar-refractivity contribution in [2.45, 2.75) is 19.9 Å². The Morgan fingerprint density at radius 2 is 2.25 bits per heavy atom. The number of carbonyl (C=O) groups excluding carboxylic acids is 1. The molecule has 0 saturated carbocycles. The van der Waals surface area contributed by atoms with Gasteiger partial charge in [-0.25, -0.2) is 4.98 Å². The zero-order chi connectivity index (χ0) is 14.5. The summed E-state index contributed by atoms with van der Waals surface area (Å²) in [5.41, 5.74) is 0.198. The van der Waals surface area contributed by atoms with Gasteiger partial charge in [0.15, 0.2) is 0 Å². The summed E-state index contributed by atoms with van der Waals surface area (Å²) >= 11 is 6.03. The van der Waals surface area contributed by atoms with E-state index >= 15 is 0 Å². The minimum Gasteiger partial charge on any atom is -0.467 e. The van der Waals surface area contributed by atoms with Gasteiger partial charge in [0, 0.05) is 6.54 Å². The highest BCUT2D eigenvalue weighted by atomic mass is 35.5. The summed E-state index contributed by atoms with van der Waals surface area (Å²) in [5, 5.41) is 6.16. The van der Waals surface area contributed by atoms with E-state index in [4.69, 9.17) is 16.0 Å². The van der Waals surface area contributed by atoms with Gasteiger partial charge in [0.2, 0.25) is 0 Å². The zero-order valence-electron chi connectivity index (χ0n) is 11.3. The van der Waals surface area contributed by atoms with E-state index < -0.39 is 0 Å². The molecule has 0 spiro atoms. The van der Waals surface area contributed by atoms with Gasteiger partial charge in [-0.15, -0.1) is 0 Å². The predicted molar refractivity (Wildman–Crippen MR) is 78.0 cm³/mol. The largest absolute Gasteiger partial charge is 0.467 e. The molecular formula is C14H16ClN3O2. The second-order valence-corrected chi connectivity index (χ2v) is 4.68. The third-order valence-corrected chi connectivity index (χ3v) is 3.04. The molecule has 106 valence electrons. The predicted octanol–water partition coefficient (Wildman–Crippen LogP) is 3.25. The number of aromatic nitrogens is 1. The molecule has 2 N–H and O–H groups in total. The van der Waals surface area contributed by atoms with Crippen molar-refractivity contribution in [1.29, 1.82) is 0 Å². The highest BCUT2D eigenvalue weighted by Gasteiger charge is 2.17. The molecule has 20 heavy (non-hydrogen) atoms. The van der Waals surface area contributed by atoms with Crippen molar-refractivity contribution in [2.75, 3.05) is 11.9 Å². The summed E-state index contributed by atoms with van der Waals surface area (Å²) in [4.78, 5) is 16.4. The van der Waals surface area contributed by atoms with E-state index in [0.29, 0.717) is 16.6 Å². The Bertz CT molecular complexity index is 584. The molecule has 0 aliphatic rings. The fourth-order valence-corrected chi connectivity index (χ4v) is 1.95. The van der Waals surface area contributed by atoms with E-state index in [9.17, 15) is 4.79 Å². The summed E-state index contributed by atoms with van der Waals surface area (Å²) in [6.07, 6.45) is 1.56. The van der Waals surface area contributed by atoms with Gasteiger partial charge in [-0.3, -0.25) is 4.79 Å². The average molecular weight is 294 g/mol. The topological polar surface area (TPSA) is 67.2 Å². The van der Waals surface area contributed by atoms with Crippen molar-refractivity contribution in [2.24, 2.45) is 0 Å². The Morgan fingerprint density at radius 3 is 2.90 bits per heavy atom. The third kappa shape index (κ3) is 3.30. The molecule has 2 heterocycles. The number of hydrogen-bond donors (Lipinski definition) is 2. The van der Waals surface area contributed by atoms with Crippen LogP contribution < -0.4 is 10.6 Å². The number of pyridine rings is 1. The first kappa shape index (κ1) is 14.4. The first-order valence-electron chi connectivity index (χ1n) is 6.36. The number of carbonyl (C=O) groups is 1. The monoisotopic (exact) mass is 293 g/mol. The maximum Gasteiger partial charge on any atom is 0.272 e. The first-order valence-corrected chi connectivity index (χ1v) is 6.74. The van der Waals surface area contributed by atoms with Crippen LogP contribution in [-0.2, 0) is 0 Å². The molecule has 1 unspecified atom stereocenters. The van der Waals surface area contributed by atoms with Crippen molar-refractivity contribution in [3.05, 3.63) is 47.0 Å². The Labute approximate surface area is 122 Å². The molecule has 2 aromatic heterocycles. The van der Waals surface area contributed by atoms with Crippen LogP contribution in [0.15, 0.2) is 34.9 Å². The lowest BCUT2D eigenvalue weighted by molar-refractivity contribution is 0.0930. The number of hydrogen-bond acceptors (Lipinski definition) is 4. The van der Waals surface area contributed by atoms with Gasteiger partial charge in [0.05, 0.1) is 17.3 Å². The van der Waals surface area contributed by atoms with E-state index in [1.54, 1.807) is 30.5 Å². The molecule has 6 heteroatoms. The number of halogens is 1. The van der Waals surface area contributed by atoms with E-state index in [-0.39, 0.29) is 17.6 Å². The van der Waals surface area contributed by atoms with Crippen LogP contribution in [0.4, 0.5) is 5.82 Å². The molecule has 2 aromatic rings. The lowest BCUT2D eigenvalue weighted by Gasteiger charge is -2.12. The summed E-state index contributed by atoms with van der Waals surface area (Å²) in [5.74, 6) is 0.962. The second-order valence-electron chi connectivity index (χ2n) is 4.27. The number of amides is 1. The molecule has 1 amide bonds. The van der Waals surface area contributed by atoms with E-state index in [0.717, 1.165) is 6.54 Å². The molecule has 0 saturated heterocycles. The van der Waals surface area contributed by atoms with Gasteiger partial charge in [-0.05, 0) is 38.1 Å². The van der Waals surface area contributed by atoms with Gasteiger partial charge >= 0.3 is 0 Å². The van der Waals surface area contributed by atoms with E-state index in [2.05, 4.69) is 15.6 Å². The highest BCUT2D eigenvalue weighted by molar-refractivity contribution is 6.33. The lowest BCUT2D eigenvalue weighted by Crippen LogP contribution is -2.27. The Morgan fingerprint density at radius 1 is 1.45 bits per heavy atom. The van der Waals surface area contributed by atoms with Crippen LogP contribution in [0.2, 0.25) is 5.02 Å². The highest BCUT2D eigenvalue weighted by Crippen LogP contribution is 2.18. The molecule has 0 aromatic carbocycles. The number of furan rings is 1. The minimum absolute atomic E-state index is 0.198. The molecule has 0 fully saturated rings. The molecule has 0 aliphatic carbocycles. The van der Waals surface area contributed by atoms with Crippen LogP contribution in [0.1, 0.15) is 36.1 Å². The molecule has 0 bridgehead atoms. The Kier molecular flexibility index (Phi) is 4.63. The summed E-state index contributed by atoms with van der Waals surface area (Å²) in [7, 11) is 0. The van der Waals surface area contributed by atoms with Crippen LogP contribution in [0, 0.1) is 0 Å². The quantitative estimate of drug-likeness (QED) is 0.888. The maximum absolute atomic E-state index is 12.2. The summed E-state index contributed by atoms with van der Waals surface area (Å²) in [6, 6.07) is 6.71. The van der Waals surface area contributed by atoms with Crippen LogP contribution in [0.25, 0.3) is 0 Å². The maximum atomic E-state index is 12.2. The summed E-state index contributed by atoms with van der Waals surface area (Å²) in [6.45, 7) is 4.51. The van der Waals surface area contributed by atoms with Crippen molar-refractivity contribution in [3.8, 4) is 0 Å². The third-order valence-electron chi connectivity index (χ3n) is 2.74. The standard InChI is InChI=1S/C14H16ClN3O2/c1-3-16-12-7-6-10(15)13(18-12)14(19)17-9(2)11-5-4-8-20-11/h4-9H,3H2,1-2H3,(H,16,18)(H,17,19). The lowest BCUT2D eigenvalue weighted by atomic mass is 10.2. The average Bonchev–Trinajstić information content (AvgIpc) is 2.95. The molecule has 1 atom stereocenters. The zero-order valence-corrected chi connectivity index (χ0v) is 12.1. The minimum atomic E-state index is -0.335. The van der Waals surface area contributed by atoms with Crippen LogP contribution in [-0.4, -0.2) is 17.4 Å². The summed E-state index contributed by atoms with van der Waals surface area (Å²) < 4.78 is 5.24. The second kappa shape index (κ2) is 6.43. The fourth-order valence-electron chi connectivity index (χ4n) is 1.75. The Hall–Kier alpha value is -2.01. The van der Waals surface area contributed by atoms with Crippen LogP contribution >= 0.6 is 11.6 Å². The van der Waals surface area contributed by atoms with Crippen molar-refractivity contribution < 1.29 is 9.21 Å². The number of rotatable bonds is 5. The van der Waals surface area contributed by atoms with Crippen LogP contribution in [0.5, 0.6) is 0 Å². The van der Waals surface area contributed by atoms with Crippen LogP contribution in [0.3, 0.4) is 0 Å². The SMILES string of the molecule is CCNc1ccc(Cl)c(C(=O)NC(C)c2ccco2)n1. The Balaban J connectivity index is 2.14. The van der Waals surface area contributed by atoms with Gasteiger partial charge in [0.1, 0.15) is 17.3 Å². The van der Waals surface area contributed by atoms with Gasteiger partial charge < -0.3 is 15.1 Å². The fraction of sp³-hybridized carbons (Fsp3) is 0.286. The number of anilines is 1. The smallest absolute Gasteiger partial charge is 0.272 e. The molecule has 2 rings (SSSR count). The van der Waals surface area contributed by atoms with Gasteiger partial charge in [0.25, 0.3) is 5.91 Å². The molecule has 0 aliphatic heterocycles. The van der Waals surface area contributed by atoms with E-state index in [1.807, 2.05) is 13.8 Å². The van der Waals surface area contributed by atoms with Crippen molar-refractivity contribution in [3.63, 3.8) is 0 Å². The van der Waals surface area contributed by atoms with Gasteiger partial charge in [-0.1, -0.05) is 11.6 Å². The van der Waals surface area contributed by atoms with Gasteiger partial charge in [-0.2, -0.15) is 0 Å². The molecular weight excluding hydrogens is 278 g/mol. The van der Waals surface area contributed by atoms with Crippen molar-refractivity contribution >= 4 is 23.3 Å². The molecule has 5 nitrogen and oxygen atoms in total. The molecule has 0 radical (unpaired) electrons. The van der Waals surface area contributed by atoms with E-state index in [1.165, 1.54) is 0 Å². The first-order chi connectivity index (χ1) is 9.61. The normalized spacial score (nSPS) is 11.9.